The van der Waals surface area contributed by atoms with Crippen molar-refractivity contribution in [1.29, 1.82) is 0 Å². The van der Waals surface area contributed by atoms with E-state index in [-0.39, 0.29) is 6.54 Å². The number of likely N-dealkylation sites (N-methyl/N-ethyl adjacent to an activating group) is 1. The number of carboxylic acid groups (broad SMARTS) is 1. The highest BCUT2D eigenvalue weighted by molar-refractivity contribution is 7.89. The largest absolute Gasteiger partial charge is 0.481 e. The van der Waals surface area contributed by atoms with Gasteiger partial charge in [-0.3, -0.25) is 4.79 Å². The van der Waals surface area contributed by atoms with E-state index in [2.05, 4.69) is 0 Å². The molecule has 0 amide bonds. The highest BCUT2D eigenvalue weighted by Crippen LogP contribution is 2.32. The van der Waals surface area contributed by atoms with E-state index in [0.717, 1.165) is 4.31 Å². The van der Waals surface area contributed by atoms with E-state index in [0.29, 0.717) is 19.3 Å². The second-order valence-electron chi connectivity index (χ2n) is 4.59. The Morgan fingerprint density at radius 2 is 2.06 bits per heavy atom. The fourth-order valence-corrected chi connectivity index (χ4v) is 4.29. The molecule has 17 heavy (non-hydrogen) atoms. The van der Waals surface area contributed by atoms with E-state index in [4.69, 9.17) is 5.11 Å². The van der Waals surface area contributed by atoms with Crippen molar-refractivity contribution in [2.75, 3.05) is 13.6 Å². The minimum Gasteiger partial charge on any atom is -0.481 e. The van der Waals surface area contributed by atoms with Crippen molar-refractivity contribution in [3.8, 4) is 0 Å². The lowest BCUT2D eigenvalue weighted by atomic mass is 10.1. The average Bonchev–Trinajstić information content (AvgIpc) is 2.64. The first-order chi connectivity index (χ1) is 7.76. The Morgan fingerprint density at radius 3 is 2.53 bits per heavy atom. The summed E-state index contributed by atoms with van der Waals surface area (Å²) in [6, 6.07) is 0. The third-order valence-corrected chi connectivity index (χ3v) is 5.46. The molecule has 1 saturated carbocycles. The van der Waals surface area contributed by atoms with Crippen molar-refractivity contribution in [1.82, 2.24) is 4.31 Å². The van der Waals surface area contributed by atoms with Crippen LogP contribution in [0.5, 0.6) is 0 Å². The summed E-state index contributed by atoms with van der Waals surface area (Å²) >= 11 is 0. The second kappa shape index (κ2) is 5.32. The van der Waals surface area contributed by atoms with Crippen molar-refractivity contribution in [2.24, 2.45) is 5.92 Å². The third-order valence-electron chi connectivity index (χ3n) is 3.11. The Kier molecular flexibility index (Phi) is 4.51. The standard InChI is InChI=1S/C10H19NO5S/c1-7(12)6-11(2)17(15,16)9-5-3-4-8(9)10(13)14/h7-9,12H,3-6H2,1-2H3,(H,13,14). The van der Waals surface area contributed by atoms with Gasteiger partial charge in [-0.2, -0.15) is 0 Å². The van der Waals surface area contributed by atoms with Crippen molar-refractivity contribution >= 4 is 16.0 Å². The van der Waals surface area contributed by atoms with Gasteiger partial charge < -0.3 is 10.2 Å². The van der Waals surface area contributed by atoms with Crippen LogP contribution in [-0.2, 0) is 14.8 Å². The van der Waals surface area contributed by atoms with Crippen LogP contribution in [0.25, 0.3) is 0 Å². The quantitative estimate of drug-likeness (QED) is 0.722. The van der Waals surface area contributed by atoms with Crippen LogP contribution < -0.4 is 0 Å². The fourth-order valence-electron chi connectivity index (χ4n) is 2.27. The molecule has 1 rings (SSSR count). The molecule has 100 valence electrons. The van der Waals surface area contributed by atoms with E-state index in [1.54, 1.807) is 0 Å². The molecule has 2 N–H and O–H groups in total. The van der Waals surface area contributed by atoms with Gasteiger partial charge in [0.15, 0.2) is 0 Å². The van der Waals surface area contributed by atoms with Gasteiger partial charge in [0.1, 0.15) is 0 Å². The minimum absolute atomic E-state index is 0.00876. The lowest BCUT2D eigenvalue weighted by molar-refractivity contribution is -0.141. The lowest BCUT2D eigenvalue weighted by Crippen LogP contribution is -2.42. The lowest BCUT2D eigenvalue weighted by Gasteiger charge is -2.24. The molecule has 3 atom stereocenters. The fraction of sp³-hybridized carbons (Fsp3) is 0.900. The van der Waals surface area contributed by atoms with Gasteiger partial charge in [-0.25, -0.2) is 12.7 Å². The number of aliphatic hydroxyl groups is 1. The molecule has 0 saturated heterocycles. The van der Waals surface area contributed by atoms with Gasteiger partial charge in [-0.05, 0) is 19.8 Å². The van der Waals surface area contributed by atoms with Crippen molar-refractivity contribution in [2.45, 2.75) is 37.5 Å². The van der Waals surface area contributed by atoms with Crippen LogP contribution >= 0.6 is 0 Å². The smallest absolute Gasteiger partial charge is 0.307 e. The normalized spacial score (nSPS) is 27.3. The summed E-state index contributed by atoms with van der Waals surface area (Å²) in [6.45, 7) is 1.49. The molecule has 0 aromatic heterocycles. The average molecular weight is 265 g/mol. The first kappa shape index (κ1) is 14.4. The molecule has 7 heteroatoms. The van der Waals surface area contributed by atoms with E-state index in [1.807, 2.05) is 0 Å². The zero-order valence-corrected chi connectivity index (χ0v) is 10.9. The maximum Gasteiger partial charge on any atom is 0.307 e. The second-order valence-corrected chi connectivity index (χ2v) is 6.85. The van der Waals surface area contributed by atoms with Crippen LogP contribution in [0.3, 0.4) is 0 Å². The highest BCUT2D eigenvalue weighted by atomic mass is 32.2. The minimum atomic E-state index is -3.64. The van der Waals surface area contributed by atoms with Gasteiger partial charge in [0.05, 0.1) is 17.3 Å². The number of carboxylic acids is 1. The zero-order chi connectivity index (χ0) is 13.2. The number of carbonyl (C=O) groups is 1. The molecular formula is C10H19NO5S. The molecule has 1 aliphatic carbocycles. The maximum absolute atomic E-state index is 12.1. The first-order valence-corrected chi connectivity index (χ1v) is 7.13. The molecule has 0 aliphatic heterocycles. The van der Waals surface area contributed by atoms with Gasteiger partial charge >= 0.3 is 5.97 Å². The van der Waals surface area contributed by atoms with E-state index >= 15 is 0 Å². The Labute approximate surface area is 101 Å². The monoisotopic (exact) mass is 265 g/mol. The summed E-state index contributed by atoms with van der Waals surface area (Å²) < 4.78 is 25.3. The molecule has 0 bridgehead atoms. The molecule has 0 aromatic carbocycles. The molecule has 1 fully saturated rings. The maximum atomic E-state index is 12.1. The molecule has 1 aliphatic rings. The van der Waals surface area contributed by atoms with Crippen LogP contribution in [0, 0.1) is 5.92 Å². The van der Waals surface area contributed by atoms with Crippen LogP contribution in [0.2, 0.25) is 0 Å². The Bertz CT molecular complexity index is 378. The molecule has 0 spiro atoms. The predicted molar refractivity (Wildman–Crippen MR) is 62.0 cm³/mol. The molecule has 0 radical (unpaired) electrons. The summed E-state index contributed by atoms with van der Waals surface area (Å²) in [4.78, 5) is 11.0. The van der Waals surface area contributed by atoms with E-state index < -0.39 is 33.3 Å². The molecule has 3 unspecified atom stereocenters. The van der Waals surface area contributed by atoms with Gasteiger partial charge in [-0.1, -0.05) is 6.42 Å². The van der Waals surface area contributed by atoms with Crippen LogP contribution in [-0.4, -0.2) is 53.9 Å². The third kappa shape index (κ3) is 3.17. The number of aliphatic hydroxyl groups excluding tert-OH is 1. The highest BCUT2D eigenvalue weighted by Gasteiger charge is 2.43. The van der Waals surface area contributed by atoms with Gasteiger partial charge in [0.2, 0.25) is 10.0 Å². The predicted octanol–water partition coefficient (Wildman–Crippen LogP) is -0.118. The zero-order valence-electron chi connectivity index (χ0n) is 10.0. The summed E-state index contributed by atoms with van der Waals surface area (Å²) in [5.41, 5.74) is 0. The topological polar surface area (TPSA) is 94.9 Å². The Hall–Kier alpha value is -0.660. The number of sulfonamides is 1. The molecule has 0 heterocycles. The summed E-state index contributed by atoms with van der Waals surface area (Å²) in [5.74, 6) is -1.88. The number of nitrogens with zero attached hydrogens (tertiary/aromatic N) is 1. The Morgan fingerprint density at radius 1 is 1.47 bits per heavy atom. The number of aliphatic carboxylic acids is 1. The number of hydrogen-bond acceptors (Lipinski definition) is 4. The van der Waals surface area contributed by atoms with Crippen molar-refractivity contribution in [3.63, 3.8) is 0 Å². The van der Waals surface area contributed by atoms with Crippen molar-refractivity contribution < 1.29 is 23.4 Å². The summed E-state index contributed by atoms with van der Waals surface area (Å²) in [6.07, 6.45) is 0.633. The molecule has 6 nitrogen and oxygen atoms in total. The summed E-state index contributed by atoms with van der Waals surface area (Å²) in [5, 5.41) is 17.3. The van der Waals surface area contributed by atoms with Crippen LogP contribution in [0.4, 0.5) is 0 Å². The van der Waals surface area contributed by atoms with Crippen LogP contribution in [0.1, 0.15) is 26.2 Å². The van der Waals surface area contributed by atoms with Crippen molar-refractivity contribution in [3.05, 3.63) is 0 Å². The molecular weight excluding hydrogens is 246 g/mol. The number of rotatable bonds is 5. The first-order valence-electron chi connectivity index (χ1n) is 5.63. The van der Waals surface area contributed by atoms with Gasteiger partial charge in [-0.15, -0.1) is 0 Å². The van der Waals surface area contributed by atoms with Gasteiger partial charge in [0, 0.05) is 13.6 Å². The Balaban J connectivity index is 2.86. The number of hydrogen-bond donors (Lipinski definition) is 2. The van der Waals surface area contributed by atoms with Gasteiger partial charge in [0.25, 0.3) is 0 Å². The summed E-state index contributed by atoms with van der Waals surface area (Å²) in [7, 11) is -2.26. The molecule has 0 aromatic rings. The SMILES string of the molecule is CC(O)CN(C)S(=O)(=O)C1CCCC1C(=O)O. The van der Waals surface area contributed by atoms with Crippen LogP contribution in [0.15, 0.2) is 0 Å². The van der Waals surface area contributed by atoms with E-state index in [9.17, 15) is 18.3 Å². The van der Waals surface area contributed by atoms with E-state index in [1.165, 1.54) is 14.0 Å².